The Morgan fingerprint density at radius 3 is 2.33 bits per heavy atom. The van der Waals surface area contributed by atoms with Gasteiger partial charge in [0.15, 0.2) is 0 Å². The van der Waals surface area contributed by atoms with E-state index < -0.39 is 17.2 Å². The Hall–Kier alpha value is -1.30. The van der Waals surface area contributed by atoms with Crippen LogP contribution in [0.4, 0.5) is 23.2 Å². The van der Waals surface area contributed by atoms with Crippen LogP contribution in [0.5, 0.6) is 0 Å². The van der Waals surface area contributed by atoms with Crippen LogP contribution in [0.2, 0.25) is 0 Å². The molecule has 1 atom stereocenters. The highest BCUT2D eigenvalue weighted by atomic mass is 35.5. The summed E-state index contributed by atoms with van der Waals surface area (Å²) in [5.74, 6) is -1.95. The Balaban J connectivity index is 2.95. The summed E-state index contributed by atoms with van der Waals surface area (Å²) in [6.45, 7) is 1.75. The van der Waals surface area contributed by atoms with Gasteiger partial charge in [-0.15, -0.1) is 0 Å². The number of benzene rings is 1. The number of anilines is 1. The molecule has 0 saturated carbocycles. The van der Waals surface area contributed by atoms with Gasteiger partial charge in [0.2, 0.25) is 0 Å². The Morgan fingerprint density at radius 2 is 1.83 bits per heavy atom. The van der Waals surface area contributed by atoms with Gasteiger partial charge in [-0.1, -0.05) is 36.7 Å². The molecule has 1 aromatic carbocycles. The zero-order valence-electron chi connectivity index (χ0n) is 9.31. The van der Waals surface area contributed by atoms with E-state index in [1.807, 2.05) is 5.32 Å². The number of carbonyl (C=O) groups is 1. The molecule has 1 amide bonds. The van der Waals surface area contributed by atoms with Crippen LogP contribution in [0.15, 0.2) is 24.3 Å². The summed E-state index contributed by atoms with van der Waals surface area (Å²) >= 11 is 4.60. The Kier molecular flexibility index (Phi) is 4.21. The second kappa shape index (κ2) is 5.14. The summed E-state index contributed by atoms with van der Waals surface area (Å²) in [4.78, 5) is 11.2. The van der Waals surface area contributed by atoms with E-state index in [1.54, 1.807) is 19.1 Å². The maximum Gasteiger partial charge on any atom is 0.446 e. The molecular weight excluding hydrogens is 274 g/mol. The minimum Gasteiger partial charge on any atom is -0.322 e. The molecule has 2 nitrogen and oxygen atoms in total. The van der Waals surface area contributed by atoms with E-state index in [0.29, 0.717) is 12.0 Å². The van der Waals surface area contributed by atoms with Crippen LogP contribution in [0.1, 0.15) is 12.5 Å². The predicted octanol–water partition coefficient (Wildman–Crippen LogP) is 3.65. The van der Waals surface area contributed by atoms with Crippen molar-refractivity contribution in [1.82, 2.24) is 0 Å². The number of nitrogens with one attached hydrogen (secondary N) is 1. The molecule has 0 fully saturated rings. The number of amides is 1. The fraction of sp³-hybridized carbons (Fsp3) is 0.364. The van der Waals surface area contributed by atoms with Crippen molar-refractivity contribution in [2.75, 3.05) is 5.32 Å². The van der Waals surface area contributed by atoms with Gasteiger partial charge in [0.25, 0.3) is 5.91 Å². The van der Waals surface area contributed by atoms with E-state index in [-0.39, 0.29) is 5.69 Å². The third-order valence-electron chi connectivity index (χ3n) is 2.29. The number of aryl methyl sites for hydroxylation is 1. The normalized spacial score (nSPS) is 15.0. The van der Waals surface area contributed by atoms with Crippen LogP contribution in [0.3, 0.4) is 0 Å². The first-order chi connectivity index (χ1) is 8.20. The molecule has 1 aromatic rings. The molecule has 0 radical (unpaired) electrons. The summed E-state index contributed by atoms with van der Waals surface area (Å²) in [7, 11) is 0. The van der Waals surface area contributed by atoms with Crippen LogP contribution in [0, 0.1) is 0 Å². The van der Waals surface area contributed by atoms with Gasteiger partial charge in [-0.2, -0.15) is 13.2 Å². The highest BCUT2D eigenvalue weighted by Crippen LogP contribution is 2.38. The second-order valence-electron chi connectivity index (χ2n) is 3.54. The number of carbonyl (C=O) groups excluding carboxylic acids is 1. The first-order valence-electron chi connectivity index (χ1n) is 5.04. The van der Waals surface area contributed by atoms with Crippen molar-refractivity contribution in [1.29, 1.82) is 0 Å². The largest absolute Gasteiger partial charge is 0.446 e. The maximum absolute atomic E-state index is 13.1. The van der Waals surface area contributed by atoms with E-state index in [4.69, 9.17) is 0 Å². The van der Waals surface area contributed by atoms with E-state index in [9.17, 15) is 22.4 Å². The monoisotopic (exact) mass is 283 g/mol. The van der Waals surface area contributed by atoms with Gasteiger partial charge in [-0.3, -0.25) is 4.79 Å². The molecule has 0 heterocycles. The average molecular weight is 284 g/mol. The van der Waals surface area contributed by atoms with Gasteiger partial charge in [0.1, 0.15) is 0 Å². The molecule has 1 unspecified atom stereocenters. The third kappa shape index (κ3) is 2.93. The maximum atomic E-state index is 13.1. The minimum absolute atomic E-state index is 0.108. The lowest BCUT2D eigenvalue weighted by Gasteiger charge is -2.20. The summed E-state index contributed by atoms with van der Waals surface area (Å²) < 4.78 is 49.7. The molecule has 0 spiro atoms. The number of hydrogen-bond donors (Lipinski definition) is 1. The lowest BCUT2D eigenvalue weighted by atomic mass is 10.1. The molecule has 0 aliphatic rings. The number of para-hydroxylation sites is 1. The van der Waals surface area contributed by atoms with Gasteiger partial charge in [-0.05, 0) is 18.1 Å². The Labute approximate surface area is 106 Å². The van der Waals surface area contributed by atoms with Crippen molar-refractivity contribution in [3.8, 4) is 0 Å². The molecule has 7 heteroatoms. The Morgan fingerprint density at radius 1 is 1.28 bits per heavy atom. The number of alkyl halides is 5. The van der Waals surface area contributed by atoms with Gasteiger partial charge in [0.05, 0.1) is 0 Å². The van der Waals surface area contributed by atoms with Crippen LogP contribution in [0.25, 0.3) is 0 Å². The van der Waals surface area contributed by atoms with Crippen LogP contribution in [-0.4, -0.2) is 17.2 Å². The molecular formula is C11H10ClF4NO. The van der Waals surface area contributed by atoms with Crippen molar-refractivity contribution in [2.24, 2.45) is 0 Å². The zero-order valence-corrected chi connectivity index (χ0v) is 10.1. The molecule has 0 aliphatic heterocycles. The van der Waals surface area contributed by atoms with E-state index in [1.165, 1.54) is 12.1 Å². The fourth-order valence-electron chi connectivity index (χ4n) is 1.28. The molecule has 0 bridgehead atoms. The van der Waals surface area contributed by atoms with Gasteiger partial charge in [0, 0.05) is 5.69 Å². The van der Waals surface area contributed by atoms with Crippen LogP contribution < -0.4 is 5.32 Å². The standard InChI is InChI=1S/C11H10ClF4NO/c1-2-7-5-3-4-6-8(7)17-9(18)10(12,13)11(14,15)16/h3-6H,2H2,1H3,(H,17,18). The molecule has 18 heavy (non-hydrogen) atoms. The number of halogens is 5. The minimum atomic E-state index is -5.47. The lowest BCUT2D eigenvalue weighted by molar-refractivity contribution is -0.197. The van der Waals surface area contributed by atoms with Crippen molar-refractivity contribution in [3.63, 3.8) is 0 Å². The first kappa shape index (κ1) is 14.8. The lowest BCUT2D eigenvalue weighted by Crippen LogP contribution is -2.46. The molecule has 0 aliphatic carbocycles. The summed E-state index contributed by atoms with van der Waals surface area (Å²) in [5, 5.41) is -2.59. The second-order valence-corrected chi connectivity index (χ2v) is 4.06. The molecule has 100 valence electrons. The molecule has 1 N–H and O–H groups in total. The quantitative estimate of drug-likeness (QED) is 0.666. The van der Waals surface area contributed by atoms with Crippen molar-refractivity contribution in [3.05, 3.63) is 29.8 Å². The highest BCUT2D eigenvalue weighted by molar-refractivity contribution is 6.36. The summed E-state index contributed by atoms with van der Waals surface area (Å²) in [6.07, 6.45) is -5.00. The fourth-order valence-corrected chi connectivity index (χ4v) is 1.33. The highest BCUT2D eigenvalue weighted by Gasteiger charge is 2.61. The van der Waals surface area contributed by atoms with E-state index in [2.05, 4.69) is 11.6 Å². The Bertz CT molecular complexity index is 445. The zero-order chi connectivity index (χ0) is 14.0. The summed E-state index contributed by atoms with van der Waals surface area (Å²) in [5.41, 5.74) is 0.692. The van der Waals surface area contributed by atoms with Crippen molar-refractivity contribution >= 4 is 23.2 Å². The van der Waals surface area contributed by atoms with E-state index >= 15 is 0 Å². The summed E-state index contributed by atoms with van der Waals surface area (Å²) in [6, 6.07) is 6.15. The predicted molar refractivity (Wildman–Crippen MR) is 60.2 cm³/mol. The third-order valence-corrected chi connectivity index (χ3v) is 2.67. The topological polar surface area (TPSA) is 29.1 Å². The van der Waals surface area contributed by atoms with Crippen molar-refractivity contribution in [2.45, 2.75) is 24.6 Å². The first-order valence-corrected chi connectivity index (χ1v) is 5.42. The molecule has 0 aromatic heterocycles. The number of rotatable bonds is 3. The van der Waals surface area contributed by atoms with Gasteiger partial charge >= 0.3 is 11.3 Å². The van der Waals surface area contributed by atoms with E-state index in [0.717, 1.165) is 0 Å². The number of hydrogen-bond acceptors (Lipinski definition) is 1. The molecule has 0 saturated heterocycles. The molecule has 1 rings (SSSR count). The van der Waals surface area contributed by atoms with Gasteiger partial charge in [-0.25, -0.2) is 4.39 Å². The van der Waals surface area contributed by atoms with Crippen LogP contribution >= 0.6 is 11.6 Å². The average Bonchev–Trinajstić information content (AvgIpc) is 2.28. The van der Waals surface area contributed by atoms with Crippen molar-refractivity contribution < 1.29 is 22.4 Å². The van der Waals surface area contributed by atoms with Crippen LogP contribution in [-0.2, 0) is 11.2 Å². The van der Waals surface area contributed by atoms with Gasteiger partial charge < -0.3 is 5.32 Å². The SMILES string of the molecule is CCc1ccccc1NC(=O)C(F)(Cl)C(F)(F)F. The smallest absolute Gasteiger partial charge is 0.322 e.